The SMILES string of the molecule is COc1cccc(OC)c1-c1noc(-c2c(F)cccc2F)c1CO. The summed E-state index contributed by atoms with van der Waals surface area (Å²) in [5.74, 6) is -0.972. The van der Waals surface area contributed by atoms with E-state index in [1.54, 1.807) is 18.2 Å². The lowest BCUT2D eigenvalue weighted by Gasteiger charge is -2.11. The van der Waals surface area contributed by atoms with E-state index in [0.717, 1.165) is 12.1 Å². The number of nitrogens with zero attached hydrogens (tertiary/aromatic N) is 1. The van der Waals surface area contributed by atoms with Gasteiger partial charge >= 0.3 is 0 Å². The summed E-state index contributed by atoms with van der Waals surface area (Å²) in [7, 11) is 2.93. The molecule has 0 spiro atoms. The van der Waals surface area contributed by atoms with Crippen molar-refractivity contribution in [3.8, 4) is 34.1 Å². The summed E-state index contributed by atoms with van der Waals surface area (Å²) in [5, 5.41) is 13.7. The number of aliphatic hydroxyl groups excluding tert-OH is 1. The van der Waals surface area contributed by atoms with Gasteiger partial charge in [-0.15, -0.1) is 0 Å². The van der Waals surface area contributed by atoms with Crippen LogP contribution in [-0.2, 0) is 6.61 Å². The van der Waals surface area contributed by atoms with Gasteiger partial charge < -0.3 is 19.1 Å². The first kappa shape index (κ1) is 16.9. The third-order valence-electron chi connectivity index (χ3n) is 3.80. The topological polar surface area (TPSA) is 64.7 Å². The summed E-state index contributed by atoms with van der Waals surface area (Å²) in [6.07, 6.45) is 0. The summed E-state index contributed by atoms with van der Waals surface area (Å²) < 4.78 is 44.0. The van der Waals surface area contributed by atoms with Crippen molar-refractivity contribution in [2.75, 3.05) is 14.2 Å². The van der Waals surface area contributed by atoms with Crippen LogP contribution < -0.4 is 9.47 Å². The highest BCUT2D eigenvalue weighted by Crippen LogP contribution is 2.42. The van der Waals surface area contributed by atoms with Crippen molar-refractivity contribution >= 4 is 0 Å². The van der Waals surface area contributed by atoms with E-state index in [1.807, 2.05) is 0 Å². The van der Waals surface area contributed by atoms with E-state index < -0.39 is 18.2 Å². The number of methoxy groups -OCH3 is 2. The van der Waals surface area contributed by atoms with Gasteiger partial charge in [-0.25, -0.2) is 8.78 Å². The monoisotopic (exact) mass is 347 g/mol. The van der Waals surface area contributed by atoms with E-state index in [9.17, 15) is 13.9 Å². The maximum atomic E-state index is 14.1. The minimum atomic E-state index is -0.815. The van der Waals surface area contributed by atoms with Gasteiger partial charge in [0.15, 0.2) is 5.76 Å². The zero-order valence-corrected chi connectivity index (χ0v) is 13.5. The number of aliphatic hydroxyl groups is 1. The second-order valence-corrected chi connectivity index (χ2v) is 5.13. The van der Waals surface area contributed by atoms with Crippen LogP contribution in [0.2, 0.25) is 0 Å². The van der Waals surface area contributed by atoms with E-state index in [1.165, 1.54) is 20.3 Å². The standard InChI is InChI=1S/C18H15F2NO4/c1-23-13-7-4-8-14(24-2)16(13)17-10(9-22)18(25-21-17)15-11(19)5-3-6-12(15)20/h3-8,22H,9H2,1-2H3. The number of ether oxygens (including phenoxy) is 2. The minimum Gasteiger partial charge on any atom is -0.496 e. The first-order valence-corrected chi connectivity index (χ1v) is 7.37. The van der Waals surface area contributed by atoms with Gasteiger partial charge in [0.2, 0.25) is 0 Å². The molecule has 130 valence electrons. The minimum absolute atomic E-state index is 0.131. The van der Waals surface area contributed by atoms with Crippen molar-refractivity contribution in [3.05, 3.63) is 53.6 Å². The highest BCUT2D eigenvalue weighted by atomic mass is 19.1. The molecule has 0 aliphatic rings. The summed E-state index contributed by atoms with van der Waals surface area (Å²) in [6.45, 7) is -0.539. The molecule has 3 rings (SSSR count). The Balaban J connectivity index is 2.27. The van der Waals surface area contributed by atoms with Gasteiger partial charge in [-0.05, 0) is 24.3 Å². The van der Waals surface area contributed by atoms with Crippen LogP contribution in [0.1, 0.15) is 5.56 Å². The maximum absolute atomic E-state index is 14.1. The van der Waals surface area contributed by atoms with Gasteiger partial charge in [-0.2, -0.15) is 0 Å². The molecule has 0 fully saturated rings. The fraction of sp³-hybridized carbons (Fsp3) is 0.167. The Morgan fingerprint density at radius 3 is 2.04 bits per heavy atom. The lowest BCUT2D eigenvalue weighted by atomic mass is 10.0. The molecule has 25 heavy (non-hydrogen) atoms. The Hall–Kier alpha value is -2.93. The van der Waals surface area contributed by atoms with Crippen molar-refractivity contribution in [1.82, 2.24) is 5.16 Å². The maximum Gasteiger partial charge on any atom is 0.178 e. The molecule has 1 aromatic heterocycles. The molecule has 0 atom stereocenters. The van der Waals surface area contributed by atoms with Gasteiger partial charge in [-0.1, -0.05) is 17.3 Å². The van der Waals surface area contributed by atoms with E-state index >= 15 is 0 Å². The van der Waals surface area contributed by atoms with Crippen LogP contribution in [0.25, 0.3) is 22.6 Å². The lowest BCUT2D eigenvalue weighted by Crippen LogP contribution is -1.97. The molecule has 0 aliphatic heterocycles. The van der Waals surface area contributed by atoms with Crippen LogP contribution in [0.15, 0.2) is 40.9 Å². The normalized spacial score (nSPS) is 10.8. The van der Waals surface area contributed by atoms with E-state index in [4.69, 9.17) is 14.0 Å². The first-order chi connectivity index (χ1) is 12.1. The Morgan fingerprint density at radius 1 is 0.960 bits per heavy atom. The second kappa shape index (κ2) is 6.90. The molecular formula is C18H15F2NO4. The van der Waals surface area contributed by atoms with Crippen LogP contribution in [0.5, 0.6) is 11.5 Å². The Labute approximate surface area is 142 Å². The number of halogens is 2. The van der Waals surface area contributed by atoms with Crippen LogP contribution in [0.4, 0.5) is 8.78 Å². The quantitative estimate of drug-likeness (QED) is 0.761. The highest BCUT2D eigenvalue weighted by molar-refractivity contribution is 5.80. The first-order valence-electron chi connectivity index (χ1n) is 7.37. The van der Waals surface area contributed by atoms with Crippen LogP contribution in [0.3, 0.4) is 0 Å². The Bertz CT molecular complexity index is 866. The molecule has 7 heteroatoms. The summed E-state index contributed by atoms with van der Waals surface area (Å²) in [6, 6.07) is 8.52. The van der Waals surface area contributed by atoms with Gasteiger partial charge in [0.25, 0.3) is 0 Å². The fourth-order valence-corrected chi connectivity index (χ4v) is 2.65. The fourth-order valence-electron chi connectivity index (χ4n) is 2.65. The zero-order chi connectivity index (χ0) is 18.0. The van der Waals surface area contributed by atoms with Crippen molar-refractivity contribution in [2.24, 2.45) is 0 Å². The molecule has 0 radical (unpaired) electrons. The average molecular weight is 347 g/mol. The molecule has 0 aliphatic carbocycles. The molecule has 1 heterocycles. The zero-order valence-electron chi connectivity index (χ0n) is 13.5. The van der Waals surface area contributed by atoms with Crippen molar-refractivity contribution in [1.29, 1.82) is 0 Å². The van der Waals surface area contributed by atoms with E-state index in [0.29, 0.717) is 17.1 Å². The second-order valence-electron chi connectivity index (χ2n) is 5.13. The summed E-state index contributed by atoms with van der Waals surface area (Å²) >= 11 is 0. The molecular weight excluding hydrogens is 332 g/mol. The predicted molar refractivity (Wildman–Crippen MR) is 86.3 cm³/mol. The van der Waals surface area contributed by atoms with Gasteiger partial charge in [0, 0.05) is 0 Å². The molecule has 0 unspecified atom stereocenters. The summed E-state index contributed by atoms with van der Waals surface area (Å²) in [4.78, 5) is 0. The summed E-state index contributed by atoms with van der Waals surface area (Å²) in [5.41, 5.74) is 0.351. The van der Waals surface area contributed by atoms with E-state index in [-0.39, 0.29) is 22.6 Å². The van der Waals surface area contributed by atoms with Crippen LogP contribution in [0, 0.1) is 11.6 Å². The molecule has 0 saturated heterocycles. The van der Waals surface area contributed by atoms with Crippen LogP contribution >= 0.6 is 0 Å². The Kier molecular flexibility index (Phi) is 4.67. The number of aromatic nitrogens is 1. The number of rotatable bonds is 5. The third kappa shape index (κ3) is 2.83. The smallest absolute Gasteiger partial charge is 0.178 e. The third-order valence-corrected chi connectivity index (χ3v) is 3.80. The van der Waals surface area contributed by atoms with Gasteiger partial charge in [-0.3, -0.25) is 0 Å². The van der Waals surface area contributed by atoms with Crippen molar-refractivity contribution in [2.45, 2.75) is 6.61 Å². The molecule has 5 nitrogen and oxygen atoms in total. The molecule has 1 N–H and O–H groups in total. The lowest BCUT2D eigenvalue weighted by molar-refractivity contribution is 0.281. The van der Waals surface area contributed by atoms with Crippen LogP contribution in [-0.4, -0.2) is 24.5 Å². The van der Waals surface area contributed by atoms with Crippen molar-refractivity contribution < 1.29 is 27.9 Å². The number of hydrogen-bond donors (Lipinski definition) is 1. The number of benzene rings is 2. The number of hydrogen-bond acceptors (Lipinski definition) is 5. The molecule has 0 saturated carbocycles. The molecule has 2 aromatic carbocycles. The average Bonchev–Trinajstić information content (AvgIpc) is 3.03. The van der Waals surface area contributed by atoms with Crippen molar-refractivity contribution in [3.63, 3.8) is 0 Å². The highest BCUT2D eigenvalue weighted by Gasteiger charge is 2.27. The van der Waals surface area contributed by atoms with Gasteiger partial charge in [0.1, 0.15) is 28.8 Å². The predicted octanol–water partition coefficient (Wildman–Crippen LogP) is 3.80. The molecule has 0 bridgehead atoms. The molecule has 3 aromatic rings. The molecule has 0 amide bonds. The largest absolute Gasteiger partial charge is 0.496 e. The van der Waals surface area contributed by atoms with E-state index in [2.05, 4.69) is 5.16 Å². The van der Waals surface area contributed by atoms with Gasteiger partial charge in [0.05, 0.1) is 37.5 Å². The Morgan fingerprint density at radius 2 is 1.52 bits per heavy atom.